The maximum absolute atomic E-state index is 12.9. The molecule has 6 nitrogen and oxygen atoms in total. The van der Waals surface area contributed by atoms with Crippen molar-refractivity contribution in [2.75, 3.05) is 13.2 Å². The summed E-state index contributed by atoms with van der Waals surface area (Å²) < 4.78 is 16.9. The highest BCUT2D eigenvalue weighted by Gasteiger charge is 2.19. The van der Waals surface area contributed by atoms with Gasteiger partial charge in [0, 0.05) is 19.3 Å². The summed E-state index contributed by atoms with van der Waals surface area (Å²) in [5.41, 5.74) is 0. The van der Waals surface area contributed by atoms with Gasteiger partial charge in [0.15, 0.2) is 6.10 Å². The zero-order chi connectivity index (χ0) is 55.0. The van der Waals surface area contributed by atoms with Crippen LogP contribution in [-0.2, 0) is 28.6 Å². The van der Waals surface area contributed by atoms with Gasteiger partial charge in [0.05, 0.1) is 0 Å². The van der Waals surface area contributed by atoms with Crippen LogP contribution in [0.25, 0.3) is 0 Å². The second-order valence-corrected chi connectivity index (χ2v) is 23.8. The van der Waals surface area contributed by atoms with Crippen LogP contribution in [0.3, 0.4) is 0 Å². The SMILES string of the molecule is CCCCCCCCCC/C=C\CCCCCCCCCCCCCCCCCCCC(=O)OCC(COC(=O)CCCCCCCCCCC)OC(=O)CCCCCCCCCCCCCCCCCCCCCC. The molecule has 0 aliphatic heterocycles. The van der Waals surface area contributed by atoms with Gasteiger partial charge in [0.2, 0.25) is 0 Å². The molecule has 0 aromatic carbocycles. The molecule has 0 spiro atoms. The molecule has 0 rings (SSSR count). The average molecular weight is 1070 g/mol. The summed E-state index contributed by atoms with van der Waals surface area (Å²) in [7, 11) is 0. The van der Waals surface area contributed by atoms with Crippen molar-refractivity contribution < 1.29 is 28.6 Å². The van der Waals surface area contributed by atoms with E-state index in [1.807, 2.05) is 0 Å². The largest absolute Gasteiger partial charge is 0.462 e. The van der Waals surface area contributed by atoms with Gasteiger partial charge in [0.25, 0.3) is 0 Å². The lowest BCUT2D eigenvalue weighted by molar-refractivity contribution is -0.167. The smallest absolute Gasteiger partial charge is 0.306 e. The van der Waals surface area contributed by atoms with Crippen molar-refractivity contribution in [3.05, 3.63) is 12.2 Å². The second-order valence-electron chi connectivity index (χ2n) is 23.8. The lowest BCUT2D eigenvalue weighted by Gasteiger charge is -2.18. The van der Waals surface area contributed by atoms with E-state index in [0.717, 1.165) is 57.8 Å². The molecule has 0 fully saturated rings. The number of allylic oxidation sites excluding steroid dienone is 2. The Kier molecular flexibility index (Phi) is 64.1. The number of ether oxygens (including phenoxy) is 3. The lowest BCUT2D eigenvalue weighted by Crippen LogP contribution is -2.30. The van der Waals surface area contributed by atoms with Crippen LogP contribution in [0, 0.1) is 0 Å². The van der Waals surface area contributed by atoms with Crippen LogP contribution in [0.4, 0.5) is 0 Å². The number of esters is 3. The van der Waals surface area contributed by atoms with Crippen molar-refractivity contribution in [2.45, 2.75) is 406 Å². The van der Waals surface area contributed by atoms with E-state index >= 15 is 0 Å². The first-order chi connectivity index (χ1) is 37.5. The van der Waals surface area contributed by atoms with Crippen molar-refractivity contribution in [3.63, 3.8) is 0 Å². The molecule has 0 aromatic heterocycles. The summed E-state index contributed by atoms with van der Waals surface area (Å²) in [6.45, 7) is 6.70. The van der Waals surface area contributed by atoms with Crippen molar-refractivity contribution in [1.29, 1.82) is 0 Å². The minimum Gasteiger partial charge on any atom is -0.462 e. The molecule has 1 unspecified atom stereocenters. The predicted octanol–water partition coefficient (Wildman–Crippen LogP) is 23.6. The molecule has 6 heteroatoms. The van der Waals surface area contributed by atoms with Gasteiger partial charge >= 0.3 is 17.9 Å². The van der Waals surface area contributed by atoms with Crippen molar-refractivity contribution >= 4 is 17.9 Å². The minimum atomic E-state index is -0.764. The Labute approximate surface area is 475 Å². The monoisotopic (exact) mass is 1070 g/mol. The first kappa shape index (κ1) is 74.2. The first-order valence-corrected chi connectivity index (χ1v) is 34.7. The molecule has 0 amide bonds. The lowest BCUT2D eigenvalue weighted by atomic mass is 10.0. The third kappa shape index (κ3) is 63.0. The molecular formula is C70H134O6. The molecule has 76 heavy (non-hydrogen) atoms. The van der Waals surface area contributed by atoms with Gasteiger partial charge in [-0.3, -0.25) is 14.4 Å². The second kappa shape index (κ2) is 65.7. The van der Waals surface area contributed by atoms with Crippen LogP contribution in [0.2, 0.25) is 0 Å². The van der Waals surface area contributed by atoms with E-state index < -0.39 is 6.10 Å². The van der Waals surface area contributed by atoms with Crippen LogP contribution < -0.4 is 0 Å². The number of rotatable bonds is 65. The summed E-state index contributed by atoms with van der Waals surface area (Å²) in [5, 5.41) is 0. The van der Waals surface area contributed by atoms with Crippen LogP contribution in [-0.4, -0.2) is 37.2 Å². The predicted molar refractivity (Wildman–Crippen MR) is 330 cm³/mol. The zero-order valence-corrected chi connectivity index (χ0v) is 51.8. The maximum Gasteiger partial charge on any atom is 0.306 e. The normalized spacial score (nSPS) is 12.0. The molecule has 0 saturated carbocycles. The first-order valence-electron chi connectivity index (χ1n) is 34.7. The standard InChI is InChI=1S/C70H134O6/c1-4-7-10-13-16-19-21-23-25-27-29-31-32-33-34-35-36-37-38-39-41-42-44-46-48-51-54-57-60-63-69(72)75-66-67(65-74-68(71)62-59-56-53-50-18-15-12-9-6-3)76-70(73)64-61-58-55-52-49-47-45-43-40-30-28-26-24-22-20-17-14-11-8-5-2/h27,29,67H,4-26,28,30-66H2,1-3H3/b29-27-. The van der Waals surface area contributed by atoms with Crippen LogP contribution in [0.5, 0.6) is 0 Å². The van der Waals surface area contributed by atoms with Gasteiger partial charge in [-0.25, -0.2) is 0 Å². The third-order valence-electron chi connectivity index (χ3n) is 16.0. The molecule has 0 N–H and O–H groups in total. The van der Waals surface area contributed by atoms with E-state index in [0.29, 0.717) is 19.3 Å². The van der Waals surface area contributed by atoms with Crippen LogP contribution >= 0.6 is 0 Å². The third-order valence-corrected chi connectivity index (χ3v) is 16.0. The van der Waals surface area contributed by atoms with Crippen molar-refractivity contribution in [1.82, 2.24) is 0 Å². The fraction of sp³-hybridized carbons (Fsp3) is 0.929. The zero-order valence-electron chi connectivity index (χ0n) is 51.8. The summed E-state index contributed by atoms with van der Waals surface area (Å²) >= 11 is 0. The fourth-order valence-corrected chi connectivity index (χ4v) is 10.8. The number of hydrogen-bond donors (Lipinski definition) is 0. The fourth-order valence-electron chi connectivity index (χ4n) is 10.8. The van der Waals surface area contributed by atoms with Gasteiger partial charge in [-0.15, -0.1) is 0 Å². The van der Waals surface area contributed by atoms with Gasteiger partial charge in [0.1, 0.15) is 13.2 Å². The Morgan fingerprint density at radius 2 is 0.434 bits per heavy atom. The van der Waals surface area contributed by atoms with Gasteiger partial charge < -0.3 is 14.2 Å². The van der Waals surface area contributed by atoms with Gasteiger partial charge in [-0.05, 0) is 44.9 Å². The molecule has 450 valence electrons. The van der Waals surface area contributed by atoms with E-state index in [1.54, 1.807) is 0 Å². The quantitative estimate of drug-likeness (QED) is 0.0261. The summed E-state index contributed by atoms with van der Waals surface area (Å²) in [6, 6.07) is 0. The Bertz CT molecular complexity index is 1180. The molecule has 0 aromatic rings. The molecule has 0 saturated heterocycles. The summed E-state index contributed by atoms with van der Waals surface area (Å²) in [4.78, 5) is 38.2. The Morgan fingerprint density at radius 1 is 0.250 bits per heavy atom. The highest BCUT2D eigenvalue weighted by Crippen LogP contribution is 2.19. The van der Waals surface area contributed by atoms with E-state index in [-0.39, 0.29) is 31.1 Å². The van der Waals surface area contributed by atoms with E-state index in [4.69, 9.17) is 14.2 Å². The van der Waals surface area contributed by atoms with Gasteiger partial charge in [-0.1, -0.05) is 348 Å². The van der Waals surface area contributed by atoms with Crippen LogP contribution in [0.15, 0.2) is 12.2 Å². The molecule has 0 aliphatic carbocycles. The molecule has 0 heterocycles. The van der Waals surface area contributed by atoms with E-state index in [9.17, 15) is 14.4 Å². The van der Waals surface area contributed by atoms with Gasteiger partial charge in [-0.2, -0.15) is 0 Å². The van der Waals surface area contributed by atoms with Crippen molar-refractivity contribution in [2.24, 2.45) is 0 Å². The summed E-state index contributed by atoms with van der Waals surface area (Å²) in [5.74, 6) is -0.833. The topological polar surface area (TPSA) is 78.9 Å². The number of carbonyl (C=O) groups excluding carboxylic acids is 3. The Balaban J connectivity index is 4.06. The van der Waals surface area contributed by atoms with Crippen LogP contribution in [0.1, 0.15) is 400 Å². The Hall–Kier alpha value is -1.85. The van der Waals surface area contributed by atoms with Crippen molar-refractivity contribution in [3.8, 4) is 0 Å². The highest BCUT2D eigenvalue weighted by atomic mass is 16.6. The summed E-state index contributed by atoms with van der Waals surface area (Å²) in [6.07, 6.45) is 78.3. The van der Waals surface area contributed by atoms with E-state index in [1.165, 1.54) is 302 Å². The average Bonchev–Trinajstić information content (AvgIpc) is 3.42. The van der Waals surface area contributed by atoms with E-state index in [2.05, 4.69) is 32.9 Å². The molecule has 0 aliphatic rings. The maximum atomic E-state index is 12.9. The molecule has 0 bridgehead atoms. The molecular weight excluding hydrogens is 937 g/mol. The highest BCUT2D eigenvalue weighted by molar-refractivity contribution is 5.71. The number of unbranched alkanes of at least 4 members (excludes halogenated alkanes) is 52. The molecule has 1 atom stereocenters. The Morgan fingerprint density at radius 3 is 0.658 bits per heavy atom. The minimum absolute atomic E-state index is 0.0626. The number of hydrogen-bond acceptors (Lipinski definition) is 6. The number of carbonyl (C=O) groups is 3. The molecule has 0 radical (unpaired) electrons.